The summed E-state index contributed by atoms with van der Waals surface area (Å²) in [5.41, 5.74) is 1.05. The van der Waals surface area contributed by atoms with Gasteiger partial charge in [-0.05, 0) is 42.9 Å². The van der Waals surface area contributed by atoms with E-state index in [1.807, 2.05) is 0 Å². The molecule has 1 amide bonds. The Bertz CT molecular complexity index is 805. The molecule has 0 aliphatic rings. The van der Waals surface area contributed by atoms with E-state index in [0.717, 1.165) is 11.6 Å². The van der Waals surface area contributed by atoms with Crippen LogP contribution in [0.15, 0.2) is 36.4 Å². The lowest BCUT2D eigenvalue weighted by atomic mass is 10.2. The van der Waals surface area contributed by atoms with Crippen LogP contribution in [0.25, 0.3) is 0 Å². The van der Waals surface area contributed by atoms with E-state index < -0.39 is 12.4 Å². The van der Waals surface area contributed by atoms with Crippen LogP contribution in [0.2, 0.25) is 5.02 Å². The summed E-state index contributed by atoms with van der Waals surface area (Å²) in [5.74, 6) is -0.731. The Morgan fingerprint density at radius 2 is 1.96 bits per heavy atom. The van der Waals surface area contributed by atoms with Crippen LogP contribution in [-0.2, 0) is 11.3 Å². The quantitative estimate of drug-likeness (QED) is 0.720. The van der Waals surface area contributed by atoms with Crippen LogP contribution < -0.4 is 14.8 Å². The van der Waals surface area contributed by atoms with E-state index in [1.54, 1.807) is 24.1 Å². The topological polar surface area (TPSA) is 50.8 Å². The van der Waals surface area contributed by atoms with Gasteiger partial charge in [0, 0.05) is 6.54 Å². The Hall–Kier alpha value is -2.45. The summed E-state index contributed by atoms with van der Waals surface area (Å²) >= 11 is 5.88. The molecule has 0 spiro atoms. The van der Waals surface area contributed by atoms with Gasteiger partial charge in [-0.25, -0.2) is 4.39 Å². The minimum atomic E-state index is -2.95. The van der Waals surface area contributed by atoms with Crippen LogP contribution in [0.1, 0.15) is 5.56 Å². The van der Waals surface area contributed by atoms with Crippen LogP contribution >= 0.6 is 11.6 Å². The SMILES string of the molecule is COc1cc(CN(C)CC(=O)Nc2ccc(F)cc2Cl)ccc1OC(F)F. The van der Waals surface area contributed by atoms with Gasteiger partial charge in [0.2, 0.25) is 5.91 Å². The van der Waals surface area contributed by atoms with Crippen molar-refractivity contribution in [1.29, 1.82) is 0 Å². The standard InChI is InChI=1S/C18H18ClF3N2O3/c1-24(10-17(25)23-14-5-4-12(20)8-13(14)19)9-11-3-6-15(27-18(21)22)16(7-11)26-2/h3-8,18H,9-10H2,1-2H3,(H,23,25). The fourth-order valence-corrected chi connectivity index (χ4v) is 2.61. The second kappa shape index (κ2) is 9.48. The third-order valence-corrected chi connectivity index (χ3v) is 3.83. The number of benzene rings is 2. The van der Waals surface area contributed by atoms with Crippen molar-refractivity contribution in [1.82, 2.24) is 4.90 Å². The number of nitrogens with one attached hydrogen (secondary N) is 1. The molecule has 2 aromatic rings. The molecule has 2 rings (SSSR count). The van der Waals surface area contributed by atoms with Gasteiger partial charge in [-0.3, -0.25) is 9.69 Å². The van der Waals surface area contributed by atoms with Crippen molar-refractivity contribution in [3.8, 4) is 11.5 Å². The lowest BCUT2D eigenvalue weighted by molar-refractivity contribution is -0.117. The van der Waals surface area contributed by atoms with Crippen molar-refractivity contribution < 1.29 is 27.4 Å². The molecule has 2 aromatic carbocycles. The number of hydrogen-bond donors (Lipinski definition) is 1. The molecule has 27 heavy (non-hydrogen) atoms. The monoisotopic (exact) mass is 402 g/mol. The number of methoxy groups -OCH3 is 1. The number of ether oxygens (including phenoxy) is 2. The summed E-state index contributed by atoms with van der Waals surface area (Å²) in [4.78, 5) is 13.8. The first-order valence-corrected chi connectivity index (χ1v) is 8.21. The lowest BCUT2D eigenvalue weighted by Crippen LogP contribution is -2.29. The van der Waals surface area contributed by atoms with Crippen molar-refractivity contribution in [2.24, 2.45) is 0 Å². The Morgan fingerprint density at radius 3 is 2.59 bits per heavy atom. The maximum atomic E-state index is 13.0. The van der Waals surface area contributed by atoms with Gasteiger partial charge < -0.3 is 14.8 Å². The van der Waals surface area contributed by atoms with E-state index in [-0.39, 0.29) is 29.0 Å². The molecular weight excluding hydrogens is 385 g/mol. The smallest absolute Gasteiger partial charge is 0.387 e. The van der Waals surface area contributed by atoms with Crippen LogP contribution in [0.4, 0.5) is 18.9 Å². The fraction of sp³-hybridized carbons (Fsp3) is 0.278. The first kappa shape index (κ1) is 20.9. The van der Waals surface area contributed by atoms with E-state index in [0.29, 0.717) is 12.2 Å². The van der Waals surface area contributed by atoms with Gasteiger partial charge in [-0.1, -0.05) is 17.7 Å². The summed E-state index contributed by atoms with van der Waals surface area (Å²) < 4.78 is 47.2. The van der Waals surface area contributed by atoms with Crippen molar-refractivity contribution in [2.45, 2.75) is 13.2 Å². The lowest BCUT2D eigenvalue weighted by Gasteiger charge is -2.18. The van der Waals surface area contributed by atoms with Gasteiger partial charge >= 0.3 is 6.61 Å². The Labute approximate surface area is 159 Å². The average Bonchev–Trinajstić information content (AvgIpc) is 2.58. The van der Waals surface area contributed by atoms with Crippen molar-refractivity contribution in [3.05, 3.63) is 52.8 Å². The van der Waals surface area contributed by atoms with Crippen LogP contribution in [0.5, 0.6) is 11.5 Å². The van der Waals surface area contributed by atoms with Gasteiger partial charge in [0.15, 0.2) is 11.5 Å². The number of likely N-dealkylation sites (N-methyl/N-ethyl adjacent to an activating group) is 1. The maximum Gasteiger partial charge on any atom is 0.387 e. The number of nitrogens with zero attached hydrogens (tertiary/aromatic N) is 1. The molecule has 0 aliphatic heterocycles. The normalized spacial score (nSPS) is 11.0. The van der Waals surface area contributed by atoms with Crippen LogP contribution in [-0.4, -0.2) is 38.1 Å². The predicted octanol–water partition coefficient (Wildman–Crippen LogP) is 4.16. The summed E-state index contributed by atoms with van der Waals surface area (Å²) in [5, 5.41) is 2.70. The largest absolute Gasteiger partial charge is 0.493 e. The number of amides is 1. The van der Waals surface area contributed by atoms with Crippen LogP contribution in [0.3, 0.4) is 0 Å². The molecule has 0 bridgehead atoms. The van der Waals surface area contributed by atoms with Gasteiger partial charge in [0.1, 0.15) is 5.82 Å². The minimum Gasteiger partial charge on any atom is -0.493 e. The number of hydrogen-bond acceptors (Lipinski definition) is 4. The highest BCUT2D eigenvalue weighted by Crippen LogP contribution is 2.29. The molecule has 5 nitrogen and oxygen atoms in total. The molecule has 0 fully saturated rings. The molecule has 0 aliphatic carbocycles. The number of carbonyl (C=O) groups excluding carboxylic acids is 1. The van der Waals surface area contributed by atoms with Crippen molar-refractivity contribution in [2.75, 3.05) is 26.0 Å². The van der Waals surface area contributed by atoms with E-state index in [9.17, 15) is 18.0 Å². The number of alkyl halides is 2. The zero-order valence-corrected chi connectivity index (χ0v) is 15.4. The van der Waals surface area contributed by atoms with Gasteiger partial charge in [-0.15, -0.1) is 0 Å². The molecule has 146 valence electrons. The molecule has 0 heterocycles. The van der Waals surface area contributed by atoms with E-state index in [4.69, 9.17) is 16.3 Å². The van der Waals surface area contributed by atoms with Gasteiger partial charge in [0.25, 0.3) is 0 Å². The molecule has 0 unspecified atom stereocenters. The zero-order valence-electron chi connectivity index (χ0n) is 14.6. The number of anilines is 1. The molecule has 0 saturated heterocycles. The first-order chi connectivity index (χ1) is 12.8. The summed E-state index contributed by atoms with van der Waals surface area (Å²) in [7, 11) is 3.06. The molecule has 0 radical (unpaired) electrons. The Morgan fingerprint density at radius 1 is 1.22 bits per heavy atom. The van der Waals surface area contributed by atoms with Crippen molar-refractivity contribution in [3.63, 3.8) is 0 Å². The average molecular weight is 403 g/mol. The van der Waals surface area contributed by atoms with Crippen LogP contribution in [0, 0.1) is 5.82 Å². The number of halogens is 4. The highest BCUT2D eigenvalue weighted by atomic mass is 35.5. The maximum absolute atomic E-state index is 13.0. The highest BCUT2D eigenvalue weighted by molar-refractivity contribution is 6.33. The fourth-order valence-electron chi connectivity index (χ4n) is 2.40. The molecular formula is C18H18ClF3N2O3. The summed E-state index contributed by atoms with van der Waals surface area (Å²) in [6.45, 7) is -2.56. The minimum absolute atomic E-state index is 0.0330. The van der Waals surface area contributed by atoms with E-state index >= 15 is 0 Å². The predicted molar refractivity (Wildman–Crippen MR) is 96.0 cm³/mol. The third kappa shape index (κ3) is 6.33. The summed E-state index contributed by atoms with van der Waals surface area (Å²) in [6.07, 6.45) is 0. The van der Waals surface area contributed by atoms with E-state index in [2.05, 4.69) is 10.1 Å². The van der Waals surface area contributed by atoms with E-state index in [1.165, 1.54) is 25.3 Å². The third-order valence-electron chi connectivity index (χ3n) is 3.52. The molecule has 1 N–H and O–H groups in total. The Balaban J connectivity index is 1.96. The molecule has 0 saturated carbocycles. The zero-order chi connectivity index (χ0) is 20.0. The number of carbonyl (C=O) groups is 1. The second-order valence-electron chi connectivity index (χ2n) is 5.71. The van der Waals surface area contributed by atoms with Gasteiger partial charge in [-0.2, -0.15) is 8.78 Å². The second-order valence-corrected chi connectivity index (χ2v) is 6.12. The van der Waals surface area contributed by atoms with Crippen molar-refractivity contribution >= 4 is 23.2 Å². The first-order valence-electron chi connectivity index (χ1n) is 7.83. The van der Waals surface area contributed by atoms with Gasteiger partial charge in [0.05, 0.1) is 24.4 Å². The molecule has 9 heteroatoms. The molecule has 0 atom stereocenters. The number of rotatable bonds is 8. The summed E-state index contributed by atoms with van der Waals surface area (Å²) in [6, 6.07) is 8.22. The Kier molecular flexibility index (Phi) is 7.32. The highest BCUT2D eigenvalue weighted by Gasteiger charge is 2.13. The molecule has 0 aromatic heterocycles.